The van der Waals surface area contributed by atoms with Gasteiger partial charge < -0.3 is 9.64 Å². The van der Waals surface area contributed by atoms with Crippen molar-refractivity contribution in [2.24, 2.45) is 11.8 Å². The molecule has 0 saturated heterocycles. The first-order valence-corrected chi connectivity index (χ1v) is 5.49. The van der Waals surface area contributed by atoms with E-state index in [9.17, 15) is 4.79 Å². The molecular weight excluding hydrogens is 190 g/mol. The molecule has 0 aromatic heterocycles. The molecule has 0 aliphatic rings. The fourth-order valence-corrected chi connectivity index (χ4v) is 1.28. The van der Waals surface area contributed by atoms with Crippen LogP contribution in [0.15, 0.2) is 0 Å². The number of methoxy groups -OCH3 is 1. The van der Waals surface area contributed by atoms with Crippen molar-refractivity contribution < 1.29 is 9.53 Å². The summed E-state index contributed by atoms with van der Waals surface area (Å²) in [6, 6.07) is 0. The number of carbonyl (C=O) groups is 1. The summed E-state index contributed by atoms with van der Waals surface area (Å²) in [6.07, 6.45) is 0. The van der Waals surface area contributed by atoms with Gasteiger partial charge in [-0.2, -0.15) is 0 Å². The third-order valence-corrected chi connectivity index (χ3v) is 2.92. The van der Waals surface area contributed by atoms with Crippen LogP contribution >= 0.6 is 0 Å². The molecule has 0 saturated carbocycles. The highest BCUT2D eigenvalue weighted by atomic mass is 16.5. The van der Waals surface area contributed by atoms with Crippen LogP contribution in [-0.2, 0) is 9.53 Å². The maximum atomic E-state index is 11.6. The smallest absolute Gasteiger partial charge is 0.310 e. The van der Waals surface area contributed by atoms with Crippen LogP contribution in [0.25, 0.3) is 0 Å². The molecule has 0 rings (SSSR count). The molecule has 90 valence electrons. The first-order valence-electron chi connectivity index (χ1n) is 5.49. The van der Waals surface area contributed by atoms with Crippen molar-refractivity contribution in [1.82, 2.24) is 4.90 Å². The summed E-state index contributed by atoms with van der Waals surface area (Å²) in [5, 5.41) is 0. The Morgan fingerprint density at radius 2 is 1.80 bits per heavy atom. The Morgan fingerprint density at radius 3 is 2.07 bits per heavy atom. The molecule has 1 atom stereocenters. The van der Waals surface area contributed by atoms with Gasteiger partial charge in [0.25, 0.3) is 0 Å². The van der Waals surface area contributed by atoms with E-state index >= 15 is 0 Å². The lowest BCUT2D eigenvalue weighted by Crippen LogP contribution is -2.44. The molecule has 3 heteroatoms. The Balaban J connectivity index is 4.49. The predicted molar refractivity (Wildman–Crippen MR) is 62.7 cm³/mol. The maximum Gasteiger partial charge on any atom is 0.310 e. The average molecular weight is 215 g/mol. The highest BCUT2D eigenvalue weighted by molar-refractivity contribution is 5.72. The molecule has 0 aliphatic carbocycles. The van der Waals surface area contributed by atoms with Crippen molar-refractivity contribution in [2.45, 2.75) is 40.2 Å². The van der Waals surface area contributed by atoms with Gasteiger partial charge in [-0.15, -0.1) is 0 Å². The molecule has 0 aliphatic heterocycles. The van der Waals surface area contributed by atoms with Crippen molar-refractivity contribution in [3.63, 3.8) is 0 Å². The lowest BCUT2D eigenvalue weighted by Gasteiger charge is -2.35. The Labute approximate surface area is 93.8 Å². The van der Waals surface area contributed by atoms with Crippen molar-refractivity contribution in [2.75, 3.05) is 20.7 Å². The normalized spacial score (nSPS) is 14.5. The lowest BCUT2D eigenvalue weighted by atomic mass is 9.93. The minimum atomic E-state index is -0.110. The van der Waals surface area contributed by atoms with Crippen LogP contribution in [0, 0.1) is 11.8 Å². The molecule has 0 heterocycles. The van der Waals surface area contributed by atoms with Crippen molar-refractivity contribution >= 4 is 5.97 Å². The van der Waals surface area contributed by atoms with Crippen LogP contribution in [0.5, 0.6) is 0 Å². The van der Waals surface area contributed by atoms with E-state index < -0.39 is 0 Å². The molecule has 0 fully saturated rings. The molecule has 0 radical (unpaired) electrons. The number of hydrogen-bond donors (Lipinski definition) is 0. The lowest BCUT2D eigenvalue weighted by molar-refractivity contribution is -0.148. The molecule has 0 amide bonds. The monoisotopic (exact) mass is 215 g/mol. The second-order valence-corrected chi connectivity index (χ2v) is 5.43. The zero-order valence-corrected chi connectivity index (χ0v) is 11.1. The van der Waals surface area contributed by atoms with Gasteiger partial charge in [0.15, 0.2) is 0 Å². The number of rotatable bonds is 4. The fraction of sp³-hybridized carbons (Fsp3) is 0.917. The van der Waals surface area contributed by atoms with E-state index in [0.29, 0.717) is 5.92 Å². The topological polar surface area (TPSA) is 29.5 Å². The fourth-order valence-electron chi connectivity index (χ4n) is 1.28. The van der Waals surface area contributed by atoms with Gasteiger partial charge >= 0.3 is 5.97 Å². The summed E-state index contributed by atoms with van der Waals surface area (Å²) in [5.74, 6) is 0.155. The van der Waals surface area contributed by atoms with E-state index in [2.05, 4.69) is 39.5 Å². The van der Waals surface area contributed by atoms with Crippen LogP contribution < -0.4 is 0 Å². The van der Waals surface area contributed by atoms with Gasteiger partial charge in [-0.25, -0.2) is 0 Å². The molecular formula is C12H25NO2. The summed E-state index contributed by atoms with van der Waals surface area (Å²) >= 11 is 0. The van der Waals surface area contributed by atoms with Crippen LogP contribution in [0.1, 0.15) is 34.6 Å². The van der Waals surface area contributed by atoms with Gasteiger partial charge in [-0.3, -0.25) is 4.79 Å². The molecule has 0 aromatic rings. The van der Waals surface area contributed by atoms with E-state index in [4.69, 9.17) is 4.74 Å². The molecule has 15 heavy (non-hydrogen) atoms. The van der Waals surface area contributed by atoms with Gasteiger partial charge in [-0.05, 0) is 33.7 Å². The molecule has 3 nitrogen and oxygen atoms in total. The standard InChI is InChI=1S/C12H25NO2/c1-9(2)10(11(14)15-7)8-13(6)12(3,4)5/h9-10H,8H2,1-7H3. The number of carbonyl (C=O) groups excluding carboxylic acids is 1. The highest BCUT2D eigenvalue weighted by Gasteiger charge is 2.28. The number of ether oxygens (including phenoxy) is 1. The van der Waals surface area contributed by atoms with Gasteiger partial charge in [-0.1, -0.05) is 13.8 Å². The predicted octanol–water partition coefficient (Wildman–Crippen LogP) is 2.16. The molecule has 0 spiro atoms. The zero-order chi connectivity index (χ0) is 12.2. The Bertz CT molecular complexity index is 206. The van der Waals surface area contributed by atoms with Crippen molar-refractivity contribution in [3.05, 3.63) is 0 Å². The third kappa shape index (κ3) is 4.65. The summed E-state index contributed by atoms with van der Waals surface area (Å²) in [7, 11) is 3.49. The Morgan fingerprint density at radius 1 is 1.33 bits per heavy atom. The highest BCUT2D eigenvalue weighted by Crippen LogP contribution is 2.18. The number of hydrogen-bond acceptors (Lipinski definition) is 3. The van der Waals surface area contributed by atoms with E-state index in [1.807, 2.05) is 7.05 Å². The average Bonchev–Trinajstić information content (AvgIpc) is 2.10. The molecule has 0 bridgehead atoms. The van der Waals surface area contributed by atoms with Crippen LogP contribution in [0.4, 0.5) is 0 Å². The largest absolute Gasteiger partial charge is 0.469 e. The summed E-state index contributed by atoms with van der Waals surface area (Å²) in [5.41, 5.74) is 0.0845. The van der Waals surface area contributed by atoms with E-state index in [-0.39, 0.29) is 17.4 Å². The van der Waals surface area contributed by atoms with E-state index in [1.165, 1.54) is 7.11 Å². The molecule has 1 unspecified atom stereocenters. The molecule has 0 aromatic carbocycles. The third-order valence-electron chi connectivity index (χ3n) is 2.92. The summed E-state index contributed by atoms with van der Waals surface area (Å²) in [4.78, 5) is 13.8. The quantitative estimate of drug-likeness (QED) is 0.673. The summed E-state index contributed by atoms with van der Waals surface area (Å²) < 4.78 is 4.82. The van der Waals surface area contributed by atoms with Crippen LogP contribution in [0.3, 0.4) is 0 Å². The maximum absolute atomic E-state index is 11.6. The van der Waals surface area contributed by atoms with Crippen LogP contribution in [0.2, 0.25) is 0 Å². The van der Waals surface area contributed by atoms with Gasteiger partial charge in [0.2, 0.25) is 0 Å². The van der Waals surface area contributed by atoms with Gasteiger partial charge in [0, 0.05) is 12.1 Å². The van der Waals surface area contributed by atoms with Crippen LogP contribution in [-0.4, -0.2) is 37.1 Å². The second-order valence-electron chi connectivity index (χ2n) is 5.43. The number of esters is 1. The van der Waals surface area contributed by atoms with E-state index in [0.717, 1.165) is 6.54 Å². The van der Waals surface area contributed by atoms with E-state index in [1.54, 1.807) is 0 Å². The first-order chi connectivity index (χ1) is 6.70. The second kappa shape index (κ2) is 5.50. The zero-order valence-electron chi connectivity index (χ0n) is 11.1. The van der Waals surface area contributed by atoms with Gasteiger partial charge in [0.05, 0.1) is 13.0 Å². The van der Waals surface area contributed by atoms with Gasteiger partial charge in [0.1, 0.15) is 0 Å². The minimum Gasteiger partial charge on any atom is -0.469 e. The Kier molecular flexibility index (Phi) is 5.29. The van der Waals surface area contributed by atoms with Crippen molar-refractivity contribution in [1.29, 1.82) is 0 Å². The number of nitrogens with zero attached hydrogens (tertiary/aromatic N) is 1. The first kappa shape index (κ1) is 14.4. The van der Waals surface area contributed by atoms with Crippen molar-refractivity contribution in [3.8, 4) is 0 Å². The Hall–Kier alpha value is -0.570. The SMILES string of the molecule is COC(=O)C(CN(C)C(C)(C)C)C(C)C. The minimum absolute atomic E-state index is 0.0424. The molecule has 0 N–H and O–H groups in total. The summed E-state index contributed by atoms with van der Waals surface area (Å²) in [6.45, 7) is 11.3.